The average molecular weight is 435 g/mol. The third-order valence-electron chi connectivity index (χ3n) is 3.92. The Morgan fingerprint density at radius 3 is 2.56 bits per heavy atom. The smallest absolute Gasteiger partial charge is 0.133 e. The van der Waals surface area contributed by atoms with Gasteiger partial charge in [-0.3, -0.25) is 0 Å². The van der Waals surface area contributed by atoms with E-state index >= 15 is 0 Å². The minimum absolute atomic E-state index is 0.0136. The van der Waals surface area contributed by atoms with Crippen molar-refractivity contribution in [1.29, 1.82) is 0 Å². The van der Waals surface area contributed by atoms with Crippen LogP contribution in [0.4, 0.5) is 14.6 Å². The summed E-state index contributed by atoms with van der Waals surface area (Å²) in [5.74, 6) is -0.914. The van der Waals surface area contributed by atoms with Gasteiger partial charge in [0.25, 0.3) is 0 Å². The summed E-state index contributed by atoms with van der Waals surface area (Å²) in [5, 5.41) is 13.3. The van der Waals surface area contributed by atoms with Crippen LogP contribution in [0.2, 0.25) is 0 Å². The molecule has 0 radical (unpaired) electrons. The number of nitrogens with one attached hydrogen (secondary N) is 1. The lowest BCUT2D eigenvalue weighted by molar-refractivity contribution is 0.210. The average Bonchev–Trinajstić information content (AvgIpc) is 2.64. The zero-order valence-corrected chi connectivity index (χ0v) is 16.1. The van der Waals surface area contributed by atoms with Crippen LogP contribution in [-0.2, 0) is 4.74 Å². The van der Waals surface area contributed by atoms with E-state index in [4.69, 9.17) is 4.74 Å². The molecule has 0 aliphatic heterocycles. The van der Waals surface area contributed by atoms with Crippen LogP contribution < -0.4 is 5.32 Å². The third-order valence-corrected chi connectivity index (χ3v) is 4.42. The molecule has 2 aromatic carbocycles. The molecule has 7 heteroatoms. The molecule has 140 valence electrons. The van der Waals surface area contributed by atoms with Gasteiger partial charge in [0, 0.05) is 23.7 Å². The SMILES string of the molecule is COCCNc1cc(-c2c(F)cccc2F)cc(-c2cc(Br)ccc2O)n1. The molecule has 0 aliphatic carbocycles. The maximum Gasteiger partial charge on any atom is 0.133 e. The topological polar surface area (TPSA) is 54.4 Å². The second-order valence-electron chi connectivity index (χ2n) is 5.80. The van der Waals surface area contributed by atoms with Crippen molar-refractivity contribution in [2.75, 3.05) is 25.6 Å². The molecule has 0 aliphatic rings. The van der Waals surface area contributed by atoms with Crippen LogP contribution in [-0.4, -0.2) is 30.4 Å². The van der Waals surface area contributed by atoms with Gasteiger partial charge in [0.2, 0.25) is 0 Å². The first-order valence-electron chi connectivity index (χ1n) is 8.17. The number of benzene rings is 2. The summed E-state index contributed by atoms with van der Waals surface area (Å²) in [6.45, 7) is 0.911. The third kappa shape index (κ3) is 4.43. The van der Waals surface area contributed by atoms with Crippen LogP contribution in [0.5, 0.6) is 5.75 Å². The highest BCUT2D eigenvalue weighted by atomic mass is 79.9. The summed E-state index contributed by atoms with van der Waals surface area (Å²) in [7, 11) is 1.57. The minimum atomic E-state index is -0.673. The van der Waals surface area contributed by atoms with E-state index in [1.54, 1.807) is 31.4 Å². The fourth-order valence-corrected chi connectivity index (χ4v) is 3.03. The van der Waals surface area contributed by atoms with Crippen LogP contribution in [0.25, 0.3) is 22.4 Å². The molecule has 0 unspecified atom stereocenters. The Morgan fingerprint density at radius 1 is 1.11 bits per heavy atom. The zero-order chi connectivity index (χ0) is 19.4. The van der Waals surface area contributed by atoms with E-state index in [-0.39, 0.29) is 11.3 Å². The summed E-state index contributed by atoms with van der Waals surface area (Å²) in [5.41, 5.74) is 0.993. The van der Waals surface area contributed by atoms with E-state index < -0.39 is 11.6 Å². The van der Waals surface area contributed by atoms with Crippen LogP contribution in [0.15, 0.2) is 53.0 Å². The Balaban J connectivity index is 2.16. The van der Waals surface area contributed by atoms with Gasteiger partial charge in [0.15, 0.2) is 0 Å². The van der Waals surface area contributed by atoms with E-state index in [1.807, 2.05) is 0 Å². The van der Waals surface area contributed by atoms with Crippen LogP contribution in [0.3, 0.4) is 0 Å². The molecule has 2 N–H and O–H groups in total. The molecule has 0 saturated carbocycles. The number of nitrogens with zero attached hydrogens (tertiary/aromatic N) is 1. The molecule has 4 nitrogen and oxygen atoms in total. The molecule has 3 rings (SSSR count). The van der Waals surface area contributed by atoms with Crippen molar-refractivity contribution >= 4 is 21.7 Å². The number of halogens is 3. The number of hydrogen-bond acceptors (Lipinski definition) is 4. The first kappa shape index (κ1) is 19.3. The molecule has 0 amide bonds. The van der Waals surface area contributed by atoms with Gasteiger partial charge in [-0.1, -0.05) is 22.0 Å². The quantitative estimate of drug-likeness (QED) is 0.522. The first-order valence-corrected chi connectivity index (χ1v) is 8.97. The van der Waals surface area contributed by atoms with Gasteiger partial charge >= 0.3 is 0 Å². The Kier molecular flexibility index (Phi) is 6.03. The number of phenols is 1. The predicted octanol–water partition coefficient (Wildman–Crippen LogP) is 5.22. The molecule has 0 fully saturated rings. The normalized spacial score (nSPS) is 10.8. The lowest BCUT2D eigenvalue weighted by atomic mass is 10.0. The molecule has 1 heterocycles. The molecule has 0 saturated heterocycles. The van der Waals surface area contributed by atoms with Crippen molar-refractivity contribution in [3.63, 3.8) is 0 Å². The van der Waals surface area contributed by atoms with E-state index in [0.29, 0.717) is 35.8 Å². The Morgan fingerprint density at radius 2 is 1.85 bits per heavy atom. The van der Waals surface area contributed by atoms with E-state index in [9.17, 15) is 13.9 Å². The van der Waals surface area contributed by atoms with Gasteiger partial charge in [-0.25, -0.2) is 13.8 Å². The lowest BCUT2D eigenvalue weighted by Gasteiger charge is -2.13. The Bertz CT molecular complexity index is 946. The largest absolute Gasteiger partial charge is 0.507 e. The molecule has 27 heavy (non-hydrogen) atoms. The van der Waals surface area contributed by atoms with Gasteiger partial charge in [0.1, 0.15) is 23.2 Å². The lowest BCUT2D eigenvalue weighted by Crippen LogP contribution is -2.09. The molecule has 0 spiro atoms. The summed E-state index contributed by atoms with van der Waals surface area (Å²) < 4.78 is 34.3. The van der Waals surface area contributed by atoms with Gasteiger partial charge in [-0.15, -0.1) is 0 Å². The summed E-state index contributed by atoms with van der Waals surface area (Å²) in [6, 6.07) is 11.7. The van der Waals surface area contributed by atoms with E-state index in [1.165, 1.54) is 24.3 Å². The van der Waals surface area contributed by atoms with Gasteiger partial charge in [-0.05, 0) is 48.0 Å². The summed E-state index contributed by atoms with van der Waals surface area (Å²) in [6.07, 6.45) is 0. The number of ether oxygens (including phenoxy) is 1. The summed E-state index contributed by atoms with van der Waals surface area (Å²) >= 11 is 3.36. The number of methoxy groups -OCH3 is 1. The predicted molar refractivity (Wildman–Crippen MR) is 105 cm³/mol. The fraction of sp³-hybridized carbons (Fsp3) is 0.150. The molecule has 0 atom stereocenters. The number of hydrogen-bond donors (Lipinski definition) is 2. The number of aromatic nitrogens is 1. The summed E-state index contributed by atoms with van der Waals surface area (Å²) in [4.78, 5) is 4.47. The van der Waals surface area contributed by atoms with Gasteiger partial charge in [-0.2, -0.15) is 0 Å². The molecular formula is C20H17BrF2N2O2. The second kappa shape index (κ2) is 8.45. The number of aromatic hydroxyl groups is 1. The van der Waals surface area contributed by atoms with E-state index in [0.717, 1.165) is 4.47 Å². The van der Waals surface area contributed by atoms with Crippen LogP contribution in [0.1, 0.15) is 0 Å². The number of anilines is 1. The van der Waals surface area contributed by atoms with Gasteiger partial charge < -0.3 is 15.2 Å². The van der Waals surface area contributed by atoms with Crippen molar-refractivity contribution in [2.24, 2.45) is 0 Å². The van der Waals surface area contributed by atoms with Crippen LogP contribution >= 0.6 is 15.9 Å². The second-order valence-corrected chi connectivity index (χ2v) is 6.72. The molecular weight excluding hydrogens is 418 g/mol. The number of pyridine rings is 1. The van der Waals surface area contributed by atoms with Crippen molar-refractivity contribution in [1.82, 2.24) is 4.98 Å². The fourth-order valence-electron chi connectivity index (χ4n) is 2.67. The molecule has 3 aromatic rings. The van der Waals surface area contributed by atoms with Crippen molar-refractivity contribution in [3.05, 3.63) is 64.6 Å². The van der Waals surface area contributed by atoms with Gasteiger partial charge in [0.05, 0.1) is 17.9 Å². The molecule has 0 bridgehead atoms. The standard InChI is InChI=1S/C20H17BrF2N2O2/c1-27-8-7-24-19-10-12(20-15(22)3-2-4-16(20)23)9-17(25-19)14-11-13(21)5-6-18(14)26/h2-6,9-11,26H,7-8H2,1H3,(H,24,25). The number of rotatable bonds is 6. The highest BCUT2D eigenvalue weighted by Crippen LogP contribution is 2.35. The van der Waals surface area contributed by atoms with Crippen molar-refractivity contribution in [3.8, 4) is 28.1 Å². The zero-order valence-electron chi connectivity index (χ0n) is 14.5. The highest BCUT2D eigenvalue weighted by molar-refractivity contribution is 9.10. The monoisotopic (exact) mass is 434 g/mol. The van der Waals surface area contributed by atoms with Crippen molar-refractivity contribution < 1.29 is 18.6 Å². The maximum atomic E-state index is 14.3. The first-order chi connectivity index (χ1) is 13.0. The van der Waals surface area contributed by atoms with E-state index in [2.05, 4.69) is 26.2 Å². The van der Waals surface area contributed by atoms with Crippen molar-refractivity contribution in [2.45, 2.75) is 0 Å². The highest BCUT2D eigenvalue weighted by Gasteiger charge is 2.16. The molecule has 1 aromatic heterocycles. The van der Waals surface area contributed by atoms with Crippen LogP contribution in [0, 0.1) is 11.6 Å². The maximum absolute atomic E-state index is 14.3. The Labute approximate surface area is 164 Å². The Hall–Kier alpha value is -2.51. The minimum Gasteiger partial charge on any atom is -0.507 e. The number of phenolic OH excluding ortho intramolecular Hbond substituents is 1.